The van der Waals surface area contributed by atoms with Gasteiger partial charge in [-0.3, -0.25) is 4.79 Å². The molecule has 1 aliphatic heterocycles. The molecule has 3 aromatic carbocycles. The number of anilines is 2. The van der Waals surface area contributed by atoms with Gasteiger partial charge in [0.25, 0.3) is 5.91 Å². The quantitative estimate of drug-likeness (QED) is 0.584. The second kappa shape index (κ2) is 8.57. The Labute approximate surface area is 174 Å². The first-order valence-corrected chi connectivity index (χ1v) is 9.55. The molecule has 7 heteroatoms. The van der Waals surface area contributed by atoms with Gasteiger partial charge in [0.2, 0.25) is 0 Å². The second-order valence-electron chi connectivity index (χ2n) is 6.83. The van der Waals surface area contributed by atoms with Gasteiger partial charge in [-0.05, 0) is 55.0 Å². The van der Waals surface area contributed by atoms with Crippen molar-refractivity contribution in [1.29, 1.82) is 0 Å². The molecule has 1 unspecified atom stereocenters. The van der Waals surface area contributed by atoms with Gasteiger partial charge in [-0.25, -0.2) is 4.79 Å². The molecule has 7 nitrogen and oxygen atoms in total. The van der Waals surface area contributed by atoms with Crippen molar-refractivity contribution in [2.45, 2.75) is 19.6 Å². The van der Waals surface area contributed by atoms with Crippen molar-refractivity contribution in [3.8, 4) is 17.2 Å². The zero-order valence-electron chi connectivity index (χ0n) is 16.3. The van der Waals surface area contributed by atoms with E-state index in [4.69, 9.17) is 9.47 Å². The lowest BCUT2D eigenvalue weighted by Crippen LogP contribution is -2.34. The second-order valence-corrected chi connectivity index (χ2v) is 6.83. The number of hydrogen-bond donors (Lipinski definition) is 3. The Hall–Kier alpha value is -4.00. The number of benzene rings is 3. The van der Waals surface area contributed by atoms with Crippen LogP contribution in [0.15, 0.2) is 72.8 Å². The fraction of sp³-hybridized carbons (Fsp3) is 0.130. The smallest absolute Gasteiger partial charge is 0.319 e. The number of fused-ring (bicyclic) bond motifs is 1. The van der Waals surface area contributed by atoms with E-state index in [9.17, 15) is 9.59 Å². The third-order valence-corrected chi connectivity index (χ3v) is 4.52. The molecule has 1 aliphatic rings. The van der Waals surface area contributed by atoms with Gasteiger partial charge >= 0.3 is 6.03 Å². The Morgan fingerprint density at radius 1 is 1.03 bits per heavy atom. The van der Waals surface area contributed by atoms with E-state index in [0.29, 0.717) is 23.7 Å². The van der Waals surface area contributed by atoms with E-state index >= 15 is 0 Å². The number of ether oxygens (including phenoxy) is 2. The fourth-order valence-corrected chi connectivity index (χ4v) is 2.94. The maximum absolute atomic E-state index is 12.2. The first-order valence-electron chi connectivity index (χ1n) is 9.55. The van der Waals surface area contributed by atoms with E-state index in [0.717, 1.165) is 17.1 Å². The summed E-state index contributed by atoms with van der Waals surface area (Å²) < 4.78 is 11.3. The highest BCUT2D eigenvalue weighted by molar-refractivity contribution is 5.99. The molecule has 3 amide bonds. The van der Waals surface area contributed by atoms with Crippen LogP contribution >= 0.6 is 0 Å². The molecule has 0 fully saturated rings. The number of urea groups is 1. The normalized spacial score (nSPS) is 14.7. The van der Waals surface area contributed by atoms with E-state index in [1.807, 2.05) is 54.6 Å². The summed E-state index contributed by atoms with van der Waals surface area (Å²) in [4.78, 5) is 23.9. The van der Waals surface area contributed by atoms with Crippen molar-refractivity contribution >= 4 is 23.3 Å². The summed E-state index contributed by atoms with van der Waals surface area (Å²) in [6.07, 6.45) is -0.538. The summed E-state index contributed by atoms with van der Waals surface area (Å²) in [6, 6.07) is 21.8. The number of carbonyl (C=O) groups is 2. The van der Waals surface area contributed by atoms with Gasteiger partial charge in [-0.15, -0.1) is 0 Å². The molecule has 3 aromatic rings. The third-order valence-electron chi connectivity index (χ3n) is 4.52. The molecule has 0 aromatic heterocycles. The minimum Gasteiger partial charge on any atom is -0.479 e. The molecule has 1 atom stereocenters. The van der Waals surface area contributed by atoms with Crippen LogP contribution in [-0.4, -0.2) is 18.0 Å². The van der Waals surface area contributed by atoms with Crippen LogP contribution in [-0.2, 0) is 11.3 Å². The standard InChI is InChI=1S/C23H21N3O4/c1-15-22(27)26-20-13-17(9-12-21(20)29-15)25-23(28)24-14-16-7-10-19(11-8-16)30-18-5-3-2-4-6-18/h2-13,15H,14H2,1H3,(H,26,27)(H2,24,25,28). The van der Waals surface area contributed by atoms with Crippen LogP contribution in [0.3, 0.4) is 0 Å². The van der Waals surface area contributed by atoms with Gasteiger partial charge in [-0.1, -0.05) is 30.3 Å². The van der Waals surface area contributed by atoms with Crippen molar-refractivity contribution < 1.29 is 19.1 Å². The van der Waals surface area contributed by atoms with Crippen LogP contribution in [0, 0.1) is 0 Å². The van der Waals surface area contributed by atoms with Gasteiger partial charge < -0.3 is 25.4 Å². The topological polar surface area (TPSA) is 88.7 Å². The molecule has 0 aliphatic carbocycles. The van der Waals surface area contributed by atoms with Crippen LogP contribution in [0.4, 0.5) is 16.2 Å². The summed E-state index contributed by atoms with van der Waals surface area (Å²) in [6.45, 7) is 2.04. The Morgan fingerprint density at radius 2 is 1.77 bits per heavy atom. The number of nitrogens with one attached hydrogen (secondary N) is 3. The van der Waals surface area contributed by atoms with Crippen LogP contribution in [0.25, 0.3) is 0 Å². The maximum Gasteiger partial charge on any atom is 0.319 e. The lowest BCUT2D eigenvalue weighted by molar-refractivity contribution is -0.122. The summed E-state index contributed by atoms with van der Waals surface area (Å²) in [5.41, 5.74) is 2.02. The Morgan fingerprint density at radius 3 is 2.53 bits per heavy atom. The number of hydrogen-bond acceptors (Lipinski definition) is 4. The maximum atomic E-state index is 12.2. The predicted octanol–water partition coefficient (Wildman–Crippen LogP) is 4.52. The number of para-hydroxylation sites is 1. The van der Waals surface area contributed by atoms with Crippen molar-refractivity contribution in [2.24, 2.45) is 0 Å². The summed E-state index contributed by atoms with van der Waals surface area (Å²) in [5, 5.41) is 8.31. The van der Waals surface area contributed by atoms with E-state index in [-0.39, 0.29) is 11.9 Å². The fourth-order valence-electron chi connectivity index (χ4n) is 2.94. The van der Waals surface area contributed by atoms with Crippen LogP contribution in [0.1, 0.15) is 12.5 Å². The average molecular weight is 403 g/mol. The van der Waals surface area contributed by atoms with E-state index in [1.54, 1.807) is 25.1 Å². The van der Waals surface area contributed by atoms with Crippen molar-refractivity contribution in [3.05, 3.63) is 78.4 Å². The summed E-state index contributed by atoms with van der Waals surface area (Å²) >= 11 is 0. The lowest BCUT2D eigenvalue weighted by Gasteiger charge is -2.23. The first-order chi connectivity index (χ1) is 14.6. The molecule has 0 spiro atoms. The number of carbonyl (C=O) groups excluding carboxylic acids is 2. The Kier molecular flexibility index (Phi) is 5.52. The number of amides is 3. The number of rotatable bonds is 5. The van der Waals surface area contributed by atoms with Crippen LogP contribution in [0.2, 0.25) is 0 Å². The molecule has 0 saturated heterocycles. The molecule has 152 valence electrons. The average Bonchev–Trinajstić information content (AvgIpc) is 2.75. The molecular formula is C23H21N3O4. The summed E-state index contributed by atoms with van der Waals surface area (Å²) in [5.74, 6) is 1.85. The van der Waals surface area contributed by atoms with Gasteiger partial charge in [0, 0.05) is 12.2 Å². The van der Waals surface area contributed by atoms with Crippen LogP contribution < -0.4 is 25.4 Å². The van der Waals surface area contributed by atoms with Gasteiger partial charge in [-0.2, -0.15) is 0 Å². The van der Waals surface area contributed by atoms with Gasteiger partial charge in [0.15, 0.2) is 6.10 Å². The molecule has 4 rings (SSSR count). The highest BCUT2D eigenvalue weighted by Crippen LogP contribution is 2.32. The van der Waals surface area contributed by atoms with Crippen LogP contribution in [0.5, 0.6) is 17.2 Å². The van der Waals surface area contributed by atoms with E-state index in [1.165, 1.54) is 0 Å². The monoisotopic (exact) mass is 403 g/mol. The minimum absolute atomic E-state index is 0.219. The largest absolute Gasteiger partial charge is 0.479 e. The molecule has 0 radical (unpaired) electrons. The van der Waals surface area contributed by atoms with Gasteiger partial charge in [0.1, 0.15) is 17.2 Å². The molecule has 3 N–H and O–H groups in total. The Bertz CT molecular complexity index is 1050. The molecule has 1 heterocycles. The molecule has 0 saturated carbocycles. The molecular weight excluding hydrogens is 382 g/mol. The van der Waals surface area contributed by atoms with E-state index in [2.05, 4.69) is 16.0 Å². The minimum atomic E-state index is -0.538. The van der Waals surface area contributed by atoms with Crippen molar-refractivity contribution in [3.63, 3.8) is 0 Å². The SMILES string of the molecule is CC1Oc2ccc(NC(=O)NCc3ccc(Oc4ccccc4)cc3)cc2NC1=O. The summed E-state index contributed by atoms with van der Waals surface area (Å²) in [7, 11) is 0. The molecule has 0 bridgehead atoms. The Balaban J connectivity index is 1.30. The van der Waals surface area contributed by atoms with Crippen molar-refractivity contribution in [1.82, 2.24) is 5.32 Å². The lowest BCUT2D eigenvalue weighted by atomic mass is 10.2. The highest BCUT2D eigenvalue weighted by atomic mass is 16.5. The van der Waals surface area contributed by atoms with E-state index < -0.39 is 6.10 Å². The zero-order chi connectivity index (χ0) is 20.9. The van der Waals surface area contributed by atoms with Gasteiger partial charge in [0.05, 0.1) is 5.69 Å². The third kappa shape index (κ3) is 4.70. The predicted molar refractivity (Wildman–Crippen MR) is 114 cm³/mol. The first kappa shape index (κ1) is 19.3. The highest BCUT2D eigenvalue weighted by Gasteiger charge is 2.23. The molecule has 30 heavy (non-hydrogen) atoms. The zero-order valence-corrected chi connectivity index (χ0v) is 16.3. The van der Waals surface area contributed by atoms with Crippen molar-refractivity contribution in [2.75, 3.05) is 10.6 Å².